The van der Waals surface area contributed by atoms with Gasteiger partial charge in [-0.3, -0.25) is 9.59 Å². The zero-order chi connectivity index (χ0) is 22.0. The number of benzene rings is 2. The van der Waals surface area contributed by atoms with Gasteiger partial charge in [0.1, 0.15) is 18.4 Å². The number of fused-ring (bicyclic) bond motifs is 1. The fourth-order valence-electron chi connectivity index (χ4n) is 3.38. The van der Waals surface area contributed by atoms with Crippen LogP contribution in [0.4, 0.5) is 0 Å². The minimum absolute atomic E-state index is 0.153. The monoisotopic (exact) mass is 435 g/mol. The number of hydrogen-bond acceptors (Lipinski definition) is 4. The summed E-state index contributed by atoms with van der Waals surface area (Å²) < 4.78 is 2.61. The second-order valence-corrected chi connectivity index (χ2v) is 7.93. The summed E-state index contributed by atoms with van der Waals surface area (Å²) in [5.41, 5.74) is 4.93. The average Bonchev–Trinajstić information content (AvgIpc) is 3.18. The van der Waals surface area contributed by atoms with Crippen LogP contribution in [-0.4, -0.2) is 31.8 Å². The molecule has 0 spiro atoms. The van der Waals surface area contributed by atoms with Gasteiger partial charge in [-0.1, -0.05) is 41.4 Å². The quantitative estimate of drug-likeness (QED) is 0.504. The number of aryl methyl sites for hydroxylation is 2. The lowest BCUT2D eigenvalue weighted by molar-refractivity contribution is -0.121. The highest BCUT2D eigenvalue weighted by atomic mass is 35.5. The second kappa shape index (κ2) is 8.73. The van der Waals surface area contributed by atoms with E-state index < -0.39 is 0 Å². The molecule has 0 unspecified atom stereocenters. The molecule has 2 aromatic carbocycles. The van der Waals surface area contributed by atoms with Crippen LogP contribution in [0.1, 0.15) is 16.7 Å². The fraction of sp³-hybridized carbons (Fsp3) is 0.217. The largest absolute Gasteiger partial charge is 0.354 e. The first kappa shape index (κ1) is 20.8. The molecule has 4 aromatic rings. The van der Waals surface area contributed by atoms with Gasteiger partial charge in [0, 0.05) is 17.1 Å². The summed E-state index contributed by atoms with van der Waals surface area (Å²) in [6.45, 7) is 4.32. The van der Waals surface area contributed by atoms with Gasteiger partial charge in [-0.25, -0.2) is 9.20 Å². The zero-order valence-corrected chi connectivity index (χ0v) is 18.1. The van der Waals surface area contributed by atoms with E-state index in [1.165, 1.54) is 10.8 Å². The molecule has 0 aliphatic carbocycles. The first-order chi connectivity index (χ1) is 14.9. The van der Waals surface area contributed by atoms with Crippen molar-refractivity contribution in [2.45, 2.75) is 26.8 Å². The maximum absolute atomic E-state index is 12.8. The lowest BCUT2D eigenvalue weighted by Gasteiger charge is -2.07. The third-order valence-electron chi connectivity index (χ3n) is 5.10. The number of aromatic nitrogens is 4. The highest BCUT2D eigenvalue weighted by molar-refractivity contribution is 6.30. The molecule has 0 atom stereocenters. The van der Waals surface area contributed by atoms with Gasteiger partial charge in [-0.15, -0.1) is 0 Å². The highest BCUT2D eigenvalue weighted by Gasteiger charge is 2.13. The van der Waals surface area contributed by atoms with Gasteiger partial charge in [0.2, 0.25) is 5.91 Å². The van der Waals surface area contributed by atoms with Crippen LogP contribution >= 0.6 is 11.6 Å². The van der Waals surface area contributed by atoms with E-state index in [-0.39, 0.29) is 18.0 Å². The van der Waals surface area contributed by atoms with Crippen LogP contribution in [0.2, 0.25) is 5.02 Å². The summed E-state index contributed by atoms with van der Waals surface area (Å²) >= 11 is 5.88. The molecular formula is C23H22ClN5O2. The number of carbonyl (C=O) groups is 1. The van der Waals surface area contributed by atoms with E-state index >= 15 is 0 Å². The van der Waals surface area contributed by atoms with E-state index in [1.807, 2.05) is 56.3 Å². The van der Waals surface area contributed by atoms with Crippen molar-refractivity contribution in [2.75, 3.05) is 6.54 Å². The zero-order valence-electron chi connectivity index (χ0n) is 17.3. The molecule has 4 rings (SSSR count). The van der Waals surface area contributed by atoms with Crippen LogP contribution in [0.5, 0.6) is 0 Å². The Hall–Kier alpha value is -3.45. The number of amides is 1. The normalized spacial score (nSPS) is 11.1. The molecule has 158 valence electrons. The minimum Gasteiger partial charge on any atom is -0.354 e. The third-order valence-corrected chi connectivity index (χ3v) is 5.35. The van der Waals surface area contributed by atoms with Crippen molar-refractivity contribution >= 4 is 23.0 Å². The van der Waals surface area contributed by atoms with Gasteiger partial charge in [-0.2, -0.15) is 10.2 Å². The number of nitrogens with zero attached hydrogens (tertiary/aromatic N) is 4. The molecule has 31 heavy (non-hydrogen) atoms. The van der Waals surface area contributed by atoms with Gasteiger partial charge in [-0.05, 0) is 55.7 Å². The first-order valence-electron chi connectivity index (χ1n) is 9.95. The van der Waals surface area contributed by atoms with E-state index in [9.17, 15) is 9.59 Å². The summed E-state index contributed by atoms with van der Waals surface area (Å²) in [5.74, 6) is -0.276. The van der Waals surface area contributed by atoms with Crippen molar-refractivity contribution in [3.8, 4) is 11.3 Å². The lowest BCUT2D eigenvalue weighted by atomic mass is 10.0. The van der Waals surface area contributed by atoms with Crippen molar-refractivity contribution in [3.05, 3.63) is 86.9 Å². The predicted molar refractivity (Wildman–Crippen MR) is 120 cm³/mol. The van der Waals surface area contributed by atoms with Crippen LogP contribution in [-0.2, 0) is 17.8 Å². The number of hydrogen-bond donors (Lipinski definition) is 1. The molecular weight excluding hydrogens is 414 g/mol. The third kappa shape index (κ3) is 4.67. The molecule has 0 aliphatic rings. The Labute approximate surface area is 184 Å². The Balaban J connectivity index is 1.47. The number of nitrogens with one attached hydrogen (secondary N) is 1. The molecule has 0 aliphatic heterocycles. The number of halogens is 1. The van der Waals surface area contributed by atoms with Crippen molar-refractivity contribution in [1.82, 2.24) is 24.7 Å². The van der Waals surface area contributed by atoms with Crippen LogP contribution in [0.15, 0.2) is 59.7 Å². The summed E-state index contributed by atoms with van der Waals surface area (Å²) in [6, 6.07) is 15.3. The van der Waals surface area contributed by atoms with Crippen LogP contribution in [0, 0.1) is 13.8 Å². The van der Waals surface area contributed by atoms with Crippen molar-refractivity contribution < 1.29 is 4.79 Å². The molecule has 0 radical (unpaired) electrons. The Bertz CT molecular complexity index is 1310. The first-order valence-corrected chi connectivity index (χ1v) is 10.3. The van der Waals surface area contributed by atoms with Gasteiger partial charge in [0.25, 0.3) is 5.56 Å². The van der Waals surface area contributed by atoms with Gasteiger partial charge >= 0.3 is 0 Å². The predicted octanol–water partition coefficient (Wildman–Crippen LogP) is 3.19. The topological polar surface area (TPSA) is 81.3 Å². The molecule has 0 saturated carbocycles. The van der Waals surface area contributed by atoms with E-state index in [4.69, 9.17) is 11.6 Å². The standard InChI is InChI=1S/C23H22ClN5O2/c1-15-3-4-16(2)19(11-15)20-12-21-23(31)28(26-14-29(21)27-20)13-22(30)25-10-9-17-5-7-18(24)8-6-17/h3-8,11-12,14H,9-10,13H2,1-2H3,(H,25,30). The molecule has 0 saturated heterocycles. The molecule has 2 aromatic heterocycles. The van der Waals surface area contributed by atoms with Gasteiger partial charge < -0.3 is 5.32 Å². The summed E-state index contributed by atoms with van der Waals surface area (Å²) in [5, 5.41) is 12.1. The number of carbonyl (C=O) groups excluding carboxylic acids is 1. The smallest absolute Gasteiger partial charge is 0.293 e. The average molecular weight is 436 g/mol. The van der Waals surface area contributed by atoms with Crippen molar-refractivity contribution in [1.29, 1.82) is 0 Å². The van der Waals surface area contributed by atoms with Crippen molar-refractivity contribution in [3.63, 3.8) is 0 Å². The van der Waals surface area contributed by atoms with Gasteiger partial charge in [0.05, 0.1) is 5.69 Å². The molecule has 1 amide bonds. The Kier molecular flexibility index (Phi) is 5.86. The minimum atomic E-state index is -0.362. The fourth-order valence-corrected chi connectivity index (χ4v) is 3.51. The Morgan fingerprint density at radius 3 is 2.65 bits per heavy atom. The van der Waals surface area contributed by atoms with E-state index in [0.717, 1.165) is 26.9 Å². The van der Waals surface area contributed by atoms with Crippen LogP contribution in [0.3, 0.4) is 0 Å². The molecule has 2 heterocycles. The van der Waals surface area contributed by atoms with Crippen LogP contribution in [0.25, 0.3) is 16.8 Å². The molecule has 0 bridgehead atoms. The number of rotatable bonds is 6. The SMILES string of the molecule is Cc1ccc(C)c(-c2cc3c(=O)n(CC(=O)NCCc4ccc(Cl)cc4)ncn3n2)c1. The lowest BCUT2D eigenvalue weighted by Crippen LogP contribution is -2.35. The van der Waals surface area contributed by atoms with E-state index in [2.05, 4.69) is 15.5 Å². The Morgan fingerprint density at radius 2 is 1.87 bits per heavy atom. The van der Waals surface area contributed by atoms with Crippen molar-refractivity contribution in [2.24, 2.45) is 0 Å². The summed E-state index contributed by atoms with van der Waals surface area (Å²) in [6.07, 6.45) is 2.12. The van der Waals surface area contributed by atoms with E-state index in [1.54, 1.807) is 6.07 Å². The second-order valence-electron chi connectivity index (χ2n) is 7.50. The van der Waals surface area contributed by atoms with Crippen LogP contribution < -0.4 is 10.9 Å². The molecule has 8 heteroatoms. The maximum atomic E-state index is 12.8. The molecule has 1 N–H and O–H groups in total. The van der Waals surface area contributed by atoms with E-state index in [0.29, 0.717) is 29.2 Å². The molecule has 0 fully saturated rings. The Morgan fingerprint density at radius 1 is 1.10 bits per heavy atom. The molecule has 7 nitrogen and oxygen atoms in total. The highest BCUT2D eigenvalue weighted by Crippen LogP contribution is 2.23. The maximum Gasteiger partial charge on any atom is 0.293 e. The summed E-state index contributed by atoms with van der Waals surface area (Å²) in [7, 11) is 0. The van der Waals surface area contributed by atoms with Gasteiger partial charge in [0.15, 0.2) is 0 Å². The summed E-state index contributed by atoms with van der Waals surface area (Å²) in [4.78, 5) is 25.1.